The fraction of sp³-hybridized carbons (Fsp3) is 0.250. The number of anilines is 3. The van der Waals surface area contributed by atoms with E-state index in [9.17, 15) is 22.8 Å². The number of amides is 2. The topological polar surface area (TPSA) is 99.2 Å². The molecule has 0 spiro atoms. The van der Waals surface area contributed by atoms with Crippen LogP contribution in [0.3, 0.4) is 0 Å². The van der Waals surface area contributed by atoms with Gasteiger partial charge in [0, 0.05) is 20.1 Å². The minimum Gasteiger partial charge on any atom is -0.355 e. The Morgan fingerprint density at radius 1 is 1.11 bits per heavy atom. The van der Waals surface area contributed by atoms with Crippen LogP contribution in [0.2, 0.25) is 5.02 Å². The molecule has 0 saturated heterocycles. The number of alkyl halides is 3. The molecule has 188 valence electrons. The highest BCUT2D eigenvalue weighted by Crippen LogP contribution is 2.31. The minimum absolute atomic E-state index is 0.0713. The molecule has 12 heteroatoms. The van der Waals surface area contributed by atoms with Gasteiger partial charge in [0.25, 0.3) is 5.91 Å². The molecule has 3 N–H and O–H groups in total. The number of aromatic nitrogens is 2. The Hall–Kier alpha value is -3.86. The van der Waals surface area contributed by atoms with Crippen LogP contribution < -0.4 is 16.0 Å². The molecule has 0 aliphatic carbocycles. The van der Waals surface area contributed by atoms with Crippen LogP contribution in [0.15, 0.2) is 54.7 Å². The first kappa shape index (κ1) is 25.2. The number of para-hydroxylation sites is 1. The number of nitrogens with zero attached hydrogens (tertiary/aromatic N) is 3. The van der Waals surface area contributed by atoms with Crippen molar-refractivity contribution in [2.45, 2.75) is 18.6 Å². The zero-order chi connectivity index (χ0) is 25.9. The van der Waals surface area contributed by atoms with E-state index in [0.717, 1.165) is 16.0 Å². The van der Waals surface area contributed by atoms with Crippen molar-refractivity contribution in [3.05, 3.63) is 76.4 Å². The molecule has 1 aliphatic heterocycles. The lowest BCUT2D eigenvalue weighted by molar-refractivity contribution is -0.185. The van der Waals surface area contributed by atoms with Crippen LogP contribution in [0.4, 0.5) is 30.6 Å². The van der Waals surface area contributed by atoms with Crippen molar-refractivity contribution in [3.63, 3.8) is 0 Å². The summed E-state index contributed by atoms with van der Waals surface area (Å²) in [6.45, 7) is -0.304. The highest BCUT2D eigenvalue weighted by Gasteiger charge is 2.43. The van der Waals surface area contributed by atoms with E-state index in [4.69, 9.17) is 11.6 Å². The van der Waals surface area contributed by atoms with Gasteiger partial charge in [-0.05, 0) is 29.7 Å². The Balaban J connectivity index is 1.64. The van der Waals surface area contributed by atoms with E-state index in [0.29, 0.717) is 11.3 Å². The van der Waals surface area contributed by atoms with E-state index in [1.165, 1.54) is 13.2 Å². The van der Waals surface area contributed by atoms with Crippen LogP contribution in [0.1, 0.15) is 27.5 Å². The SMILES string of the molecule is CNC(=O)c1ccccc1Nc1nc(NC2CN(C(=O)C(F)(F)F)CCc3ccccc32)ncc1Cl. The van der Waals surface area contributed by atoms with Crippen LogP contribution in [0.25, 0.3) is 0 Å². The van der Waals surface area contributed by atoms with Crippen LogP contribution in [0.5, 0.6) is 0 Å². The molecule has 1 unspecified atom stereocenters. The van der Waals surface area contributed by atoms with Crippen LogP contribution in [-0.2, 0) is 11.2 Å². The summed E-state index contributed by atoms with van der Waals surface area (Å²) in [4.78, 5) is 33.6. The predicted molar refractivity (Wildman–Crippen MR) is 129 cm³/mol. The van der Waals surface area contributed by atoms with Crippen molar-refractivity contribution in [3.8, 4) is 0 Å². The molecule has 1 atom stereocenters. The monoisotopic (exact) mass is 518 g/mol. The molecule has 4 rings (SSSR count). The van der Waals surface area contributed by atoms with E-state index in [1.807, 2.05) is 6.07 Å². The Morgan fingerprint density at radius 2 is 1.83 bits per heavy atom. The van der Waals surface area contributed by atoms with Crippen molar-refractivity contribution in [2.75, 3.05) is 30.8 Å². The Kier molecular flexibility index (Phi) is 7.30. The second-order valence-electron chi connectivity index (χ2n) is 8.03. The standard InChI is InChI=1S/C24H22ClF3N6O2/c1-29-21(35)16-8-4-5-9-18(16)31-20-17(25)12-30-23(33-20)32-19-13-34(22(36)24(26,27)28)11-10-14-6-2-3-7-15(14)19/h2-9,12,19H,10-11,13H2,1H3,(H,29,35)(H2,30,31,32,33). The van der Waals surface area contributed by atoms with Gasteiger partial charge in [0.15, 0.2) is 5.82 Å². The fourth-order valence-corrected chi connectivity index (χ4v) is 4.13. The second kappa shape index (κ2) is 10.4. The summed E-state index contributed by atoms with van der Waals surface area (Å²) in [5.41, 5.74) is 2.38. The molecule has 3 aromatic rings. The molecular formula is C24H22ClF3N6O2. The van der Waals surface area contributed by atoms with Gasteiger partial charge in [0.05, 0.1) is 23.5 Å². The van der Waals surface area contributed by atoms with Gasteiger partial charge in [-0.2, -0.15) is 18.2 Å². The lowest BCUT2D eigenvalue weighted by atomic mass is 10.00. The maximum absolute atomic E-state index is 13.2. The molecule has 0 bridgehead atoms. The Labute approximate surface area is 209 Å². The zero-order valence-corrected chi connectivity index (χ0v) is 19.8. The molecule has 2 amide bonds. The summed E-state index contributed by atoms with van der Waals surface area (Å²) in [6.07, 6.45) is -3.36. The summed E-state index contributed by atoms with van der Waals surface area (Å²) in [5.74, 6) is -1.94. The van der Waals surface area contributed by atoms with E-state index in [1.54, 1.807) is 42.5 Å². The first-order valence-electron chi connectivity index (χ1n) is 11.0. The first-order valence-corrected chi connectivity index (χ1v) is 11.4. The Bertz CT molecular complexity index is 1290. The fourth-order valence-electron chi connectivity index (χ4n) is 3.99. The smallest absolute Gasteiger partial charge is 0.355 e. The normalized spacial score (nSPS) is 15.5. The van der Waals surface area contributed by atoms with Gasteiger partial charge in [0.1, 0.15) is 5.02 Å². The summed E-state index contributed by atoms with van der Waals surface area (Å²) < 4.78 is 39.5. The van der Waals surface area contributed by atoms with E-state index >= 15 is 0 Å². The van der Waals surface area contributed by atoms with E-state index < -0.39 is 18.1 Å². The van der Waals surface area contributed by atoms with Gasteiger partial charge in [-0.15, -0.1) is 0 Å². The quantitative estimate of drug-likeness (QED) is 0.465. The maximum Gasteiger partial charge on any atom is 0.471 e. The van der Waals surface area contributed by atoms with Gasteiger partial charge in [-0.3, -0.25) is 9.59 Å². The van der Waals surface area contributed by atoms with Crippen molar-refractivity contribution in [1.29, 1.82) is 0 Å². The van der Waals surface area contributed by atoms with Crippen molar-refractivity contribution >= 4 is 40.9 Å². The van der Waals surface area contributed by atoms with Crippen molar-refractivity contribution < 1.29 is 22.8 Å². The van der Waals surface area contributed by atoms with Crippen molar-refractivity contribution in [1.82, 2.24) is 20.2 Å². The number of fused-ring (bicyclic) bond motifs is 1. The third-order valence-electron chi connectivity index (χ3n) is 5.71. The highest BCUT2D eigenvalue weighted by molar-refractivity contribution is 6.33. The average Bonchev–Trinajstić information content (AvgIpc) is 3.04. The molecule has 1 aromatic heterocycles. The molecule has 0 fully saturated rings. The summed E-state index contributed by atoms with van der Waals surface area (Å²) in [5, 5.41) is 8.80. The number of rotatable bonds is 5. The van der Waals surface area contributed by atoms with Crippen LogP contribution in [-0.4, -0.2) is 53.0 Å². The highest BCUT2D eigenvalue weighted by atomic mass is 35.5. The summed E-state index contributed by atoms with van der Waals surface area (Å²) in [6, 6.07) is 13.2. The summed E-state index contributed by atoms with van der Waals surface area (Å²) >= 11 is 6.28. The van der Waals surface area contributed by atoms with Crippen molar-refractivity contribution in [2.24, 2.45) is 0 Å². The first-order chi connectivity index (χ1) is 17.2. The number of nitrogens with one attached hydrogen (secondary N) is 3. The largest absolute Gasteiger partial charge is 0.471 e. The van der Waals surface area contributed by atoms with E-state index in [-0.39, 0.29) is 42.2 Å². The number of hydrogen-bond donors (Lipinski definition) is 3. The number of carbonyl (C=O) groups excluding carboxylic acids is 2. The number of benzene rings is 2. The Morgan fingerprint density at radius 3 is 2.58 bits per heavy atom. The molecular weight excluding hydrogens is 497 g/mol. The van der Waals surface area contributed by atoms with Gasteiger partial charge in [-0.1, -0.05) is 48.0 Å². The second-order valence-corrected chi connectivity index (χ2v) is 8.44. The number of hydrogen-bond acceptors (Lipinski definition) is 6. The van der Waals surface area contributed by atoms with Gasteiger partial charge < -0.3 is 20.9 Å². The third-order valence-corrected chi connectivity index (χ3v) is 5.99. The van der Waals surface area contributed by atoms with Gasteiger partial charge >= 0.3 is 12.1 Å². The molecule has 36 heavy (non-hydrogen) atoms. The average molecular weight is 519 g/mol. The molecule has 2 heterocycles. The minimum atomic E-state index is -4.98. The lowest BCUT2D eigenvalue weighted by Crippen LogP contribution is -2.44. The third kappa shape index (κ3) is 5.51. The van der Waals surface area contributed by atoms with Crippen LogP contribution >= 0.6 is 11.6 Å². The van der Waals surface area contributed by atoms with Crippen LogP contribution in [0, 0.1) is 0 Å². The van der Waals surface area contributed by atoms with Gasteiger partial charge in [0.2, 0.25) is 5.95 Å². The zero-order valence-electron chi connectivity index (χ0n) is 19.1. The molecule has 8 nitrogen and oxygen atoms in total. The summed E-state index contributed by atoms with van der Waals surface area (Å²) in [7, 11) is 1.51. The predicted octanol–water partition coefficient (Wildman–Crippen LogP) is 4.33. The van der Waals surface area contributed by atoms with E-state index in [2.05, 4.69) is 25.9 Å². The molecule has 1 aliphatic rings. The molecule has 2 aromatic carbocycles. The molecule has 0 saturated carbocycles. The number of halogens is 4. The maximum atomic E-state index is 13.2. The number of carbonyl (C=O) groups is 2. The lowest BCUT2D eigenvalue weighted by Gasteiger charge is -2.26. The van der Waals surface area contributed by atoms with Gasteiger partial charge in [-0.25, -0.2) is 4.98 Å². The molecule has 0 radical (unpaired) electrons.